The first-order valence-corrected chi connectivity index (χ1v) is 10.2. The monoisotopic (exact) mass is 416 g/mol. The second-order valence-electron chi connectivity index (χ2n) is 6.63. The number of piperidine rings is 1. The van der Waals surface area contributed by atoms with Gasteiger partial charge < -0.3 is 10.2 Å². The van der Waals surface area contributed by atoms with E-state index in [0.29, 0.717) is 10.8 Å². The lowest BCUT2D eigenvalue weighted by Crippen LogP contribution is -2.38. The number of hydrogen-bond donors (Lipinski definition) is 1. The van der Waals surface area contributed by atoms with Crippen molar-refractivity contribution < 1.29 is 9.18 Å². The van der Waals surface area contributed by atoms with Crippen LogP contribution in [0.4, 0.5) is 15.3 Å². The Kier molecular flexibility index (Phi) is 5.54. The zero-order valence-corrected chi connectivity index (χ0v) is 16.5. The minimum absolute atomic E-state index is 0.0133. The largest absolute Gasteiger partial charge is 0.348 e. The molecule has 0 atom stereocenters. The maximum Gasteiger partial charge on any atom is 0.228 e. The van der Waals surface area contributed by atoms with Gasteiger partial charge in [0, 0.05) is 36.1 Å². The van der Waals surface area contributed by atoms with E-state index in [1.54, 1.807) is 35.6 Å². The maximum absolute atomic E-state index is 13.1. The summed E-state index contributed by atoms with van der Waals surface area (Å²) in [4.78, 5) is 23.4. The van der Waals surface area contributed by atoms with Crippen LogP contribution in [0.15, 0.2) is 48.0 Å². The number of nitrogens with zero attached hydrogens (tertiary/aromatic N) is 3. The molecule has 1 aliphatic heterocycles. The van der Waals surface area contributed by atoms with E-state index in [1.807, 2.05) is 5.38 Å². The average Bonchev–Trinajstić information content (AvgIpc) is 3.20. The van der Waals surface area contributed by atoms with Crippen molar-refractivity contribution in [3.8, 4) is 11.3 Å². The summed E-state index contributed by atoms with van der Waals surface area (Å²) in [5.41, 5.74) is 1.74. The Bertz CT molecular complexity index is 953. The number of hydrogen-bond acceptors (Lipinski definition) is 5. The number of anilines is 2. The van der Waals surface area contributed by atoms with Gasteiger partial charge in [0.05, 0.1) is 10.7 Å². The average molecular weight is 417 g/mol. The van der Waals surface area contributed by atoms with Gasteiger partial charge in [0.15, 0.2) is 5.13 Å². The highest BCUT2D eigenvalue weighted by Crippen LogP contribution is 2.30. The Hall–Kier alpha value is -2.51. The van der Waals surface area contributed by atoms with Gasteiger partial charge in [0.1, 0.15) is 11.6 Å². The minimum atomic E-state index is -0.256. The molecule has 1 amide bonds. The molecule has 3 heterocycles. The number of nitrogens with one attached hydrogen (secondary N) is 1. The van der Waals surface area contributed by atoms with Crippen LogP contribution in [0.1, 0.15) is 12.8 Å². The minimum Gasteiger partial charge on any atom is -0.348 e. The zero-order valence-electron chi connectivity index (χ0n) is 14.9. The van der Waals surface area contributed by atoms with Crippen LogP contribution in [0.5, 0.6) is 0 Å². The number of thiazole rings is 1. The van der Waals surface area contributed by atoms with Crippen molar-refractivity contribution in [1.82, 2.24) is 9.97 Å². The zero-order chi connectivity index (χ0) is 19.5. The van der Waals surface area contributed by atoms with Crippen molar-refractivity contribution in [2.45, 2.75) is 12.8 Å². The molecule has 1 N–H and O–H groups in total. The molecule has 1 aliphatic rings. The molecule has 5 nitrogen and oxygen atoms in total. The summed E-state index contributed by atoms with van der Waals surface area (Å²) in [7, 11) is 0. The Morgan fingerprint density at radius 2 is 1.93 bits per heavy atom. The molecule has 3 aromatic rings. The van der Waals surface area contributed by atoms with E-state index >= 15 is 0 Å². The van der Waals surface area contributed by atoms with E-state index in [0.717, 1.165) is 42.3 Å². The second kappa shape index (κ2) is 8.24. The van der Waals surface area contributed by atoms with Gasteiger partial charge in [0.25, 0.3) is 0 Å². The van der Waals surface area contributed by atoms with E-state index in [9.17, 15) is 9.18 Å². The van der Waals surface area contributed by atoms with Gasteiger partial charge in [-0.3, -0.25) is 4.79 Å². The van der Waals surface area contributed by atoms with Crippen LogP contribution in [0.3, 0.4) is 0 Å². The maximum atomic E-state index is 13.1. The van der Waals surface area contributed by atoms with E-state index in [4.69, 9.17) is 11.6 Å². The summed E-state index contributed by atoms with van der Waals surface area (Å²) in [6.07, 6.45) is 3.02. The molecule has 1 aromatic carbocycles. The molecule has 144 valence electrons. The summed E-state index contributed by atoms with van der Waals surface area (Å²) in [6.45, 7) is 1.53. The van der Waals surface area contributed by atoms with Gasteiger partial charge in [-0.1, -0.05) is 11.6 Å². The number of carbonyl (C=O) groups excluding carboxylic acids is 1. The van der Waals surface area contributed by atoms with E-state index in [1.165, 1.54) is 18.3 Å². The van der Waals surface area contributed by atoms with Gasteiger partial charge in [-0.15, -0.1) is 11.3 Å². The van der Waals surface area contributed by atoms with Crippen molar-refractivity contribution in [2.75, 3.05) is 23.3 Å². The first-order chi connectivity index (χ1) is 13.6. The van der Waals surface area contributed by atoms with Crippen molar-refractivity contribution in [3.63, 3.8) is 0 Å². The van der Waals surface area contributed by atoms with Crippen molar-refractivity contribution >= 4 is 39.8 Å². The lowest BCUT2D eigenvalue weighted by molar-refractivity contribution is -0.120. The highest BCUT2D eigenvalue weighted by molar-refractivity contribution is 7.14. The highest BCUT2D eigenvalue weighted by atomic mass is 35.5. The molecule has 0 spiro atoms. The fourth-order valence-corrected chi connectivity index (χ4v) is 4.17. The molecule has 0 aliphatic carbocycles. The summed E-state index contributed by atoms with van der Waals surface area (Å²) in [6, 6.07) is 9.74. The quantitative estimate of drug-likeness (QED) is 0.660. The SMILES string of the molecule is O=C(Nc1ccc(Cl)cn1)C1CCN(c2nc(-c3ccc(F)cc3)cs2)CC1. The number of pyridine rings is 1. The summed E-state index contributed by atoms with van der Waals surface area (Å²) < 4.78 is 13.1. The molecule has 0 bridgehead atoms. The third kappa shape index (κ3) is 4.31. The van der Waals surface area contributed by atoms with Gasteiger partial charge in [-0.25, -0.2) is 14.4 Å². The Morgan fingerprint density at radius 1 is 1.18 bits per heavy atom. The molecule has 1 fully saturated rings. The number of benzene rings is 1. The summed E-state index contributed by atoms with van der Waals surface area (Å²) in [5, 5.41) is 6.30. The predicted molar refractivity (Wildman–Crippen MR) is 110 cm³/mol. The standard InChI is InChI=1S/C20H18ClFN4OS/c21-15-3-6-18(23-11-15)25-19(27)14-7-9-26(10-8-14)20-24-17(12-28-20)13-1-4-16(22)5-2-13/h1-6,11-12,14H,7-10H2,(H,23,25,27). The normalized spacial score (nSPS) is 14.9. The van der Waals surface area contributed by atoms with Crippen LogP contribution < -0.4 is 10.2 Å². The lowest BCUT2D eigenvalue weighted by Gasteiger charge is -2.30. The molecule has 0 radical (unpaired) electrons. The van der Waals surface area contributed by atoms with Crippen LogP contribution in [0, 0.1) is 11.7 Å². The van der Waals surface area contributed by atoms with Gasteiger partial charge in [-0.2, -0.15) is 0 Å². The lowest BCUT2D eigenvalue weighted by atomic mass is 9.96. The molecule has 28 heavy (non-hydrogen) atoms. The molecule has 2 aromatic heterocycles. The number of halogens is 2. The Labute approximate surface area is 171 Å². The summed E-state index contributed by atoms with van der Waals surface area (Å²) in [5.74, 6) is 0.194. The molecule has 8 heteroatoms. The molecule has 0 saturated carbocycles. The fourth-order valence-electron chi connectivity index (χ4n) is 3.17. The smallest absolute Gasteiger partial charge is 0.228 e. The number of carbonyl (C=O) groups is 1. The van der Waals surface area contributed by atoms with Crippen LogP contribution >= 0.6 is 22.9 Å². The van der Waals surface area contributed by atoms with Gasteiger partial charge in [0.2, 0.25) is 5.91 Å². The molecule has 4 rings (SSSR count). The molecular weight excluding hydrogens is 399 g/mol. The topological polar surface area (TPSA) is 58.1 Å². The van der Waals surface area contributed by atoms with Gasteiger partial charge in [-0.05, 0) is 49.2 Å². The number of amides is 1. The van der Waals surface area contributed by atoms with Crippen molar-refractivity contribution in [2.24, 2.45) is 5.92 Å². The third-order valence-corrected chi connectivity index (χ3v) is 5.87. The summed E-state index contributed by atoms with van der Waals surface area (Å²) >= 11 is 7.38. The van der Waals surface area contributed by atoms with E-state index in [-0.39, 0.29) is 17.6 Å². The van der Waals surface area contributed by atoms with Gasteiger partial charge >= 0.3 is 0 Å². The number of aromatic nitrogens is 2. The molecular formula is C20H18ClFN4OS. The van der Waals surface area contributed by atoms with Crippen molar-refractivity contribution in [1.29, 1.82) is 0 Å². The van der Waals surface area contributed by atoms with E-state index < -0.39 is 0 Å². The fraction of sp³-hybridized carbons (Fsp3) is 0.250. The Balaban J connectivity index is 1.34. The second-order valence-corrected chi connectivity index (χ2v) is 7.91. The Morgan fingerprint density at radius 3 is 2.61 bits per heavy atom. The van der Waals surface area contributed by atoms with Crippen LogP contribution in [0.25, 0.3) is 11.3 Å². The predicted octanol–water partition coefficient (Wildman–Crippen LogP) is 4.85. The van der Waals surface area contributed by atoms with Crippen LogP contribution in [0.2, 0.25) is 5.02 Å². The number of rotatable bonds is 4. The first kappa shape index (κ1) is 18.8. The van der Waals surface area contributed by atoms with Crippen molar-refractivity contribution in [3.05, 3.63) is 58.8 Å². The van der Waals surface area contributed by atoms with Crippen LogP contribution in [-0.2, 0) is 4.79 Å². The highest BCUT2D eigenvalue weighted by Gasteiger charge is 2.26. The molecule has 0 unspecified atom stereocenters. The first-order valence-electron chi connectivity index (χ1n) is 8.97. The third-order valence-electron chi connectivity index (χ3n) is 4.75. The van der Waals surface area contributed by atoms with E-state index in [2.05, 4.69) is 20.2 Å². The van der Waals surface area contributed by atoms with Crippen LogP contribution in [-0.4, -0.2) is 29.0 Å². The molecule has 1 saturated heterocycles.